The largest absolute Gasteiger partial charge is 0.398 e. The third-order valence-electron chi connectivity index (χ3n) is 2.08. The summed E-state index contributed by atoms with van der Waals surface area (Å²) in [6, 6.07) is 7.30. The molecule has 0 heterocycles. The van der Waals surface area contributed by atoms with Crippen LogP contribution in [0, 0.1) is 5.92 Å². The first kappa shape index (κ1) is 12.0. The molecule has 1 aromatic rings. The highest BCUT2D eigenvalue weighted by molar-refractivity contribution is 5.47. The summed E-state index contributed by atoms with van der Waals surface area (Å²) in [5.41, 5.74) is 7.08. The van der Waals surface area contributed by atoms with Crippen LogP contribution in [0.15, 0.2) is 24.3 Å². The van der Waals surface area contributed by atoms with Crippen LogP contribution in [0.3, 0.4) is 0 Å². The summed E-state index contributed by atoms with van der Waals surface area (Å²) in [5, 5.41) is 9.81. The van der Waals surface area contributed by atoms with Gasteiger partial charge in [0.2, 0.25) is 0 Å². The summed E-state index contributed by atoms with van der Waals surface area (Å²) in [6.45, 7) is 5.10. The Bertz CT molecular complexity index is 299. The molecule has 0 aliphatic rings. The van der Waals surface area contributed by atoms with Crippen LogP contribution in [-0.2, 0) is 4.74 Å². The maximum Gasteiger partial charge on any atom is 0.104 e. The first-order valence-electron chi connectivity index (χ1n) is 5.21. The highest BCUT2D eigenvalue weighted by atomic mass is 16.5. The van der Waals surface area contributed by atoms with Crippen LogP contribution in [0.4, 0.5) is 5.69 Å². The summed E-state index contributed by atoms with van der Waals surface area (Å²) in [5.74, 6) is 0.477. The van der Waals surface area contributed by atoms with Crippen molar-refractivity contribution in [2.45, 2.75) is 20.0 Å². The Labute approximate surface area is 90.9 Å². The lowest BCUT2D eigenvalue weighted by molar-refractivity contribution is 0.0253. The van der Waals surface area contributed by atoms with E-state index < -0.39 is 6.10 Å². The Morgan fingerprint density at radius 2 is 1.93 bits per heavy atom. The molecule has 0 saturated heterocycles. The molecule has 0 spiro atoms. The van der Waals surface area contributed by atoms with Crippen molar-refractivity contribution < 1.29 is 9.84 Å². The highest BCUT2D eigenvalue weighted by Crippen LogP contribution is 2.19. The van der Waals surface area contributed by atoms with E-state index in [-0.39, 0.29) is 0 Å². The van der Waals surface area contributed by atoms with E-state index in [9.17, 15) is 5.11 Å². The van der Waals surface area contributed by atoms with Gasteiger partial charge in [-0.05, 0) is 12.0 Å². The minimum atomic E-state index is -0.634. The fraction of sp³-hybridized carbons (Fsp3) is 0.500. The quantitative estimate of drug-likeness (QED) is 0.729. The van der Waals surface area contributed by atoms with Crippen LogP contribution in [-0.4, -0.2) is 18.3 Å². The average molecular weight is 209 g/mol. The number of hydrogen-bond donors (Lipinski definition) is 2. The molecule has 0 aromatic heterocycles. The van der Waals surface area contributed by atoms with E-state index in [0.717, 1.165) is 5.56 Å². The summed E-state index contributed by atoms with van der Waals surface area (Å²) >= 11 is 0. The van der Waals surface area contributed by atoms with Gasteiger partial charge in [-0.25, -0.2) is 0 Å². The molecule has 15 heavy (non-hydrogen) atoms. The number of benzene rings is 1. The number of nitrogen functional groups attached to an aromatic ring is 1. The van der Waals surface area contributed by atoms with Gasteiger partial charge >= 0.3 is 0 Å². The molecule has 3 heteroatoms. The fourth-order valence-electron chi connectivity index (χ4n) is 1.32. The number of para-hydroxylation sites is 1. The minimum Gasteiger partial charge on any atom is -0.398 e. The SMILES string of the molecule is CC(C)COCC(O)c1ccccc1N. The second-order valence-electron chi connectivity index (χ2n) is 4.08. The van der Waals surface area contributed by atoms with E-state index >= 15 is 0 Å². The van der Waals surface area contributed by atoms with Crippen molar-refractivity contribution in [3.8, 4) is 0 Å². The number of anilines is 1. The van der Waals surface area contributed by atoms with Crippen molar-refractivity contribution in [3.63, 3.8) is 0 Å². The molecule has 0 saturated carbocycles. The molecule has 1 aromatic carbocycles. The predicted octanol–water partition coefficient (Wildman–Crippen LogP) is 1.97. The zero-order valence-corrected chi connectivity index (χ0v) is 9.31. The Balaban J connectivity index is 2.47. The lowest BCUT2D eigenvalue weighted by Gasteiger charge is -2.14. The van der Waals surface area contributed by atoms with Crippen molar-refractivity contribution >= 4 is 5.69 Å². The molecule has 1 atom stereocenters. The molecule has 0 fully saturated rings. The van der Waals surface area contributed by atoms with E-state index in [2.05, 4.69) is 13.8 Å². The number of aliphatic hydroxyl groups excluding tert-OH is 1. The maximum absolute atomic E-state index is 9.81. The molecule has 0 aliphatic carbocycles. The third-order valence-corrected chi connectivity index (χ3v) is 2.08. The van der Waals surface area contributed by atoms with Crippen LogP contribution < -0.4 is 5.73 Å². The van der Waals surface area contributed by atoms with E-state index in [1.807, 2.05) is 18.2 Å². The van der Waals surface area contributed by atoms with E-state index in [1.54, 1.807) is 6.07 Å². The van der Waals surface area contributed by atoms with Crippen molar-refractivity contribution in [2.24, 2.45) is 5.92 Å². The number of nitrogens with two attached hydrogens (primary N) is 1. The Morgan fingerprint density at radius 1 is 1.27 bits per heavy atom. The van der Waals surface area contributed by atoms with Gasteiger partial charge in [0.05, 0.1) is 6.61 Å². The zero-order valence-electron chi connectivity index (χ0n) is 9.31. The summed E-state index contributed by atoms with van der Waals surface area (Å²) < 4.78 is 5.36. The van der Waals surface area contributed by atoms with Crippen molar-refractivity contribution in [1.29, 1.82) is 0 Å². The van der Waals surface area contributed by atoms with Gasteiger partial charge in [-0.3, -0.25) is 0 Å². The molecule has 84 valence electrons. The summed E-state index contributed by atoms with van der Waals surface area (Å²) in [4.78, 5) is 0. The monoisotopic (exact) mass is 209 g/mol. The number of ether oxygens (including phenoxy) is 1. The normalized spacial score (nSPS) is 13.1. The predicted molar refractivity (Wildman–Crippen MR) is 61.5 cm³/mol. The van der Waals surface area contributed by atoms with E-state index in [0.29, 0.717) is 24.8 Å². The highest BCUT2D eigenvalue weighted by Gasteiger charge is 2.10. The molecule has 3 nitrogen and oxygen atoms in total. The molecule has 0 radical (unpaired) electrons. The van der Waals surface area contributed by atoms with Gasteiger partial charge in [0, 0.05) is 17.9 Å². The van der Waals surface area contributed by atoms with Crippen molar-refractivity contribution in [2.75, 3.05) is 18.9 Å². The van der Waals surface area contributed by atoms with Crippen LogP contribution in [0.5, 0.6) is 0 Å². The zero-order chi connectivity index (χ0) is 11.3. The molecule has 0 amide bonds. The number of hydrogen-bond acceptors (Lipinski definition) is 3. The van der Waals surface area contributed by atoms with E-state index in [4.69, 9.17) is 10.5 Å². The summed E-state index contributed by atoms with van der Waals surface area (Å²) in [7, 11) is 0. The average Bonchev–Trinajstić information content (AvgIpc) is 2.17. The van der Waals surface area contributed by atoms with Crippen molar-refractivity contribution in [3.05, 3.63) is 29.8 Å². The Morgan fingerprint density at radius 3 is 2.53 bits per heavy atom. The first-order chi connectivity index (χ1) is 7.11. The summed E-state index contributed by atoms with van der Waals surface area (Å²) in [6.07, 6.45) is -0.634. The molecule has 3 N–H and O–H groups in total. The molecule has 0 bridgehead atoms. The first-order valence-corrected chi connectivity index (χ1v) is 5.21. The topological polar surface area (TPSA) is 55.5 Å². The third kappa shape index (κ3) is 3.90. The van der Waals surface area contributed by atoms with Crippen LogP contribution in [0.25, 0.3) is 0 Å². The van der Waals surface area contributed by atoms with Gasteiger partial charge in [0.15, 0.2) is 0 Å². The van der Waals surface area contributed by atoms with Gasteiger partial charge in [-0.2, -0.15) is 0 Å². The lowest BCUT2D eigenvalue weighted by Crippen LogP contribution is -2.12. The fourth-order valence-corrected chi connectivity index (χ4v) is 1.32. The smallest absolute Gasteiger partial charge is 0.104 e. The van der Waals surface area contributed by atoms with Crippen LogP contribution >= 0.6 is 0 Å². The molecule has 0 aliphatic heterocycles. The Hall–Kier alpha value is -1.06. The van der Waals surface area contributed by atoms with Crippen molar-refractivity contribution in [1.82, 2.24) is 0 Å². The van der Waals surface area contributed by atoms with Crippen LogP contribution in [0.2, 0.25) is 0 Å². The molecular weight excluding hydrogens is 190 g/mol. The molecular formula is C12H19NO2. The van der Waals surface area contributed by atoms with Gasteiger partial charge in [0.1, 0.15) is 6.10 Å². The van der Waals surface area contributed by atoms with Gasteiger partial charge in [-0.1, -0.05) is 32.0 Å². The second-order valence-corrected chi connectivity index (χ2v) is 4.08. The van der Waals surface area contributed by atoms with Crippen LogP contribution in [0.1, 0.15) is 25.5 Å². The van der Waals surface area contributed by atoms with Gasteiger partial charge < -0.3 is 15.6 Å². The van der Waals surface area contributed by atoms with Gasteiger partial charge in [-0.15, -0.1) is 0 Å². The molecule has 1 rings (SSSR count). The maximum atomic E-state index is 9.81. The van der Waals surface area contributed by atoms with Gasteiger partial charge in [0.25, 0.3) is 0 Å². The lowest BCUT2D eigenvalue weighted by atomic mass is 10.1. The number of rotatable bonds is 5. The standard InChI is InChI=1S/C12H19NO2/c1-9(2)7-15-8-12(14)10-5-3-4-6-11(10)13/h3-6,9,12,14H,7-8,13H2,1-2H3. The number of aliphatic hydroxyl groups is 1. The second kappa shape index (κ2) is 5.73. The van der Waals surface area contributed by atoms with E-state index in [1.165, 1.54) is 0 Å². The molecule has 1 unspecified atom stereocenters. The minimum absolute atomic E-state index is 0.298. The Kier molecular flexibility index (Phi) is 4.59.